The number of carbonyl (C=O) groups excluding carboxylic acids is 1. The molecule has 0 radical (unpaired) electrons. The number of amides is 1. The molecule has 2 aromatic rings. The van der Waals surface area contributed by atoms with E-state index in [1.54, 1.807) is 4.90 Å². The second-order valence-electron chi connectivity index (χ2n) is 9.44. The Balaban J connectivity index is 1.37. The highest BCUT2D eigenvalue weighted by Crippen LogP contribution is 2.27. The summed E-state index contributed by atoms with van der Waals surface area (Å²) >= 11 is 6.91. The van der Waals surface area contributed by atoms with E-state index in [1.807, 2.05) is 37.4 Å². The molecule has 2 atom stereocenters. The first-order valence-electron chi connectivity index (χ1n) is 12.0. The van der Waals surface area contributed by atoms with Gasteiger partial charge in [-0.1, -0.05) is 44.0 Å². The molecule has 2 heterocycles. The average molecular weight is 613 g/mol. The van der Waals surface area contributed by atoms with E-state index in [9.17, 15) is 14.3 Å². The summed E-state index contributed by atoms with van der Waals surface area (Å²) in [6.07, 6.45) is 0.866. The first kappa shape index (κ1) is 26.7. The Labute approximate surface area is 223 Å². The molecule has 6 nitrogen and oxygen atoms in total. The summed E-state index contributed by atoms with van der Waals surface area (Å²) in [5, 5.41) is 9.66. The van der Waals surface area contributed by atoms with Crippen LogP contribution in [0.5, 0.6) is 0 Å². The Hall–Kier alpha value is -1.36. The molecule has 2 fully saturated rings. The predicted molar refractivity (Wildman–Crippen MR) is 141 cm³/mol. The number of likely N-dealkylation sites (tertiary alicyclic amines) is 1. The molecule has 1 unspecified atom stereocenters. The lowest BCUT2D eigenvalue weighted by Crippen LogP contribution is -2.64. The third-order valence-corrected chi connectivity index (χ3v) is 7.89. The van der Waals surface area contributed by atoms with Gasteiger partial charge in [0.1, 0.15) is 5.82 Å². The second kappa shape index (κ2) is 12.3. The lowest BCUT2D eigenvalue weighted by Gasteiger charge is -2.49. The van der Waals surface area contributed by atoms with Gasteiger partial charge in [0.05, 0.1) is 25.9 Å². The summed E-state index contributed by atoms with van der Waals surface area (Å²) in [5.41, 5.74) is 1.65. The van der Waals surface area contributed by atoms with E-state index in [0.717, 1.165) is 47.1 Å². The van der Waals surface area contributed by atoms with Crippen molar-refractivity contribution in [2.75, 3.05) is 59.6 Å². The average Bonchev–Trinajstić information content (AvgIpc) is 2.82. The molecule has 2 aliphatic rings. The van der Waals surface area contributed by atoms with E-state index in [0.29, 0.717) is 31.4 Å². The van der Waals surface area contributed by atoms with Crippen LogP contribution in [0.15, 0.2) is 51.4 Å². The molecule has 2 saturated heterocycles. The fourth-order valence-electron chi connectivity index (χ4n) is 4.99. The predicted octanol–water partition coefficient (Wildman–Crippen LogP) is 3.97. The Morgan fingerprint density at radius 2 is 1.89 bits per heavy atom. The van der Waals surface area contributed by atoms with Gasteiger partial charge in [0, 0.05) is 59.7 Å². The van der Waals surface area contributed by atoms with E-state index in [1.165, 1.54) is 12.1 Å². The molecule has 2 aliphatic heterocycles. The van der Waals surface area contributed by atoms with Gasteiger partial charge in [-0.15, -0.1) is 0 Å². The zero-order chi connectivity index (χ0) is 24.9. The molecule has 4 rings (SSSR count). The lowest BCUT2D eigenvalue weighted by atomic mass is 9.93. The quantitative estimate of drug-likeness (QED) is 0.464. The number of hydrogen-bond acceptors (Lipinski definition) is 5. The summed E-state index contributed by atoms with van der Waals surface area (Å²) in [6.45, 7) is 5.67. The maximum atomic E-state index is 13.6. The van der Waals surface area contributed by atoms with E-state index in [2.05, 4.69) is 41.7 Å². The van der Waals surface area contributed by atoms with Crippen molar-refractivity contribution in [2.24, 2.45) is 0 Å². The number of nitrogens with zero attached hydrogens (tertiary/aromatic N) is 3. The van der Waals surface area contributed by atoms with Crippen LogP contribution < -0.4 is 0 Å². The molecular formula is C26H32Br2FN3O3. The van der Waals surface area contributed by atoms with Crippen LogP contribution in [-0.4, -0.2) is 97.4 Å². The number of carbonyl (C=O) groups is 1. The van der Waals surface area contributed by atoms with Crippen LogP contribution in [0.3, 0.4) is 0 Å². The van der Waals surface area contributed by atoms with Crippen molar-refractivity contribution < 1.29 is 19.0 Å². The van der Waals surface area contributed by atoms with Gasteiger partial charge in [-0.2, -0.15) is 0 Å². The van der Waals surface area contributed by atoms with Crippen molar-refractivity contribution >= 4 is 37.8 Å². The summed E-state index contributed by atoms with van der Waals surface area (Å²) in [6, 6.07) is 12.7. The van der Waals surface area contributed by atoms with Crippen molar-refractivity contribution in [1.29, 1.82) is 0 Å². The van der Waals surface area contributed by atoms with Gasteiger partial charge < -0.3 is 19.6 Å². The number of hydrogen-bond donors (Lipinski definition) is 1. The number of rotatable bonds is 9. The van der Waals surface area contributed by atoms with Gasteiger partial charge in [-0.3, -0.25) is 9.69 Å². The van der Waals surface area contributed by atoms with E-state index in [4.69, 9.17) is 4.74 Å². The van der Waals surface area contributed by atoms with Crippen LogP contribution in [0, 0.1) is 5.82 Å². The van der Waals surface area contributed by atoms with Crippen molar-refractivity contribution in [3.8, 4) is 0 Å². The largest absolute Gasteiger partial charge is 0.395 e. The fraction of sp³-hybridized carbons (Fsp3) is 0.500. The highest BCUT2D eigenvalue weighted by molar-refractivity contribution is 9.11. The minimum atomic E-state index is -0.259. The highest BCUT2D eigenvalue weighted by atomic mass is 79.9. The zero-order valence-electron chi connectivity index (χ0n) is 19.9. The number of likely N-dealkylation sites (N-methyl/N-ethyl adjacent to an activating group) is 1. The maximum Gasteiger partial charge on any atom is 0.253 e. The topological polar surface area (TPSA) is 56.3 Å². The normalized spacial score (nSPS) is 20.4. The summed E-state index contributed by atoms with van der Waals surface area (Å²) < 4.78 is 20.8. The van der Waals surface area contributed by atoms with Gasteiger partial charge in [-0.25, -0.2) is 4.39 Å². The molecule has 0 spiro atoms. The first-order valence-corrected chi connectivity index (χ1v) is 13.6. The van der Waals surface area contributed by atoms with E-state index in [-0.39, 0.29) is 30.3 Å². The molecule has 35 heavy (non-hydrogen) atoms. The van der Waals surface area contributed by atoms with Crippen molar-refractivity contribution in [3.05, 3.63) is 68.4 Å². The molecule has 1 N–H and O–H groups in total. The van der Waals surface area contributed by atoms with Crippen LogP contribution in [0.2, 0.25) is 0 Å². The maximum absolute atomic E-state index is 13.6. The first-order chi connectivity index (χ1) is 16.8. The van der Waals surface area contributed by atoms with Crippen LogP contribution in [0.1, 0.15) is 28.3 Å². The van der Waals surface area contributed by atoms with Gasteiger partial charge in [0.2, 0.25) is 0 Å². The molecule has 0 saturated carbocycles. The zero-order valence-corrected chi connectivity index (χ0v) is 23.0. The molecule has 190 valence electrons. The van der Waals surface area contributed by atoms with Crippen LogP contribution in [-0.2, 0) is 4.74 Å². The Kier molecular flexibility index (Phi) is 9.35. The molecular weight excluding hydrogens is 581 g/mol. The number of benzene rings is 2. The minimum absolute atomic E-state index is 0.0505. The third-order valence-electron chi connectivity index (χ3n) is 6.98. The smallest absolute Gasteiger partial charge is 0.253 e. The van der Waals surface area contributed by atoms with Crippen molar-refractivity contribution in [2.45, 2.75) is 24.4 Å². The number of ether oxygens (including phenoxy) is 1. The molecule has 0 bridgehead atoms. The lowest BCUT2D eigenvalue weighted by molar-refractivity contribution is -0.0817. The van der Waals surface area contributed by atoms with E-state index < -0.39 is 0 Å². The number of halogens is 3. The summed E-state index contributed by atoms with van der Waals surface area (Å²) in [7, 11) is 1.82. The summed E-state index contributed by atoms with van der Waals surface area (Å²) in [4.78, 5) is 19.7. The van der Waals surface area contributed by atoms with Gasteiger partial charge in [0.15, 0.2) is 0 Å². The van der Waals surface area contributed by atoms with E-state index >= 15 is 0 Å². The minimum Gasteiger partial charge on any atom is -0.395 e. The van der Waals surface area contributed by atoms with Crippen LogP contribution >= 0.6 is 31.9 Å². The number of aliphatic hydroxyl groups is 1. The monoisotopic (exact) mass is 611 g/mol. The number of aliphatic hydroxyl groups excluding tert-OH is 1. The third kappa shape index (κ3) is 6.90. The van der Waals surface area contributed by atoms with Crippen molar-refractivity contribution in [1.82, 2.24) is 14.7 Å². The molecule has 9 heteroatoms. The molecule has 0 aromatic heterocycles. The second-order valence-corrected chi connectivity index (χ2v) is 11.3. The molecule has 1 amide bonds. The van der Waals surface area contributed by atoms with Crippen LogP contribution in [0.25, 0.3) is 0 Å². The van der Waals surface area contributed by atoms with Gasteiger partial charge >= 0.3 is 0 Å². The van der Waals surface area contributed by atoms with Gasteiger partial charge in [0.25, 0.3) is 5.91 Å². The van der Waals surface area contributed by atoms with Crippen LogP contribution in [0.4, 0.5) is 4.39 Å². The fourth-order valence-corrected chi connectivity index (χ4v) is 6.28. The van der Waals surface area contributed by atoms with Gasteiger partial charge in [-0.05, 0) is 48.9 Å². The van der Waals surface area contributed by atoms with Crippen molar-refractivity contribution in [3.63, 3.8) is 0 Å². The Morgan fingerprint density at radius 3 is 2.54 bits per heavy atom. The SMILES string of the molecule is CN(C[C@@H](CCN1CC(N2CCOCC2CO)C1)c1ccc(F)cc1)C(=O)c1cc(Br)cc(Br)c1. The molecule has 0 aliphatic carbocycles. The number of morpholine rings is 1. The Bertz CT molecular complexity index is 984. The standard InChI is InChI=1S/C26H32Br2FN3O3/c1-30(26(34)20-10-21(27)12-22(28)11-20)13-19(18-2-4-23(29)5-3-18)6-7-31-14-24(15-31)32-8-9-35-17-25(32)16-33/h2-5,10-12,19,24-25,33H,6-9,13-17H2,1H3/t19-,25?/m1/s1. The molecule has 2 aromatic carbocycles. The Morgan fingerprint density at radius 1 is 1.20 bits per heavy atom. The highest BCUT2D eigenvalue weighted by Gasteiger charge is 2.36. The summed E-state index contributed by atoms with van der Waals surface area (Å²) in [5.74, 6) is -0.219.